The number of hydrogen-bond acceptors (Lipinski definition) is 4. The number of quaternary nitrogens is 1. The van der Waals surface area contributed by atoms with Crippen molar-refractivity contribution < 1.29 is 14.1 Å². The van der Waals surface area contributed by atoms with Crippen LogP contribution in [0.1, 0.15) is 19.3 Å². The second kappa shape index (κ2) is 6.41. The van der Waals surface area contributed by atoms with Crippen molar-refractivity contribution in [2.24, 2.45) is 0 Å². The summed E-state index contributed by atoms with van der Waals surface area (Å²) in [5.74, 6) is 1.38. The van der Waals surface area contributed by atoms with Crippen LogP contribution in [-0.4, -0.2) is 30.0 Å². The first-order valence-electron chi connectivity index (χ1n) is 7.32. The first kappa shape index (κ1) is 14.3. The molecule has 1 aromatic carbocycles. The summed E-state index contributed by atoms with van der Waals surface area (Å²) in [5, 5.41) is 4.51. The van der Waals surface area contributed by atoms with Crippen LogP contribution in [0.4, 0.5) is 0 Å². The molecule has 1 aromatic heterocycles. The summed E-state index contributed by atoms with van der Waals surface area (Å²) >= 11 is 5.29. The number of nitrogens with one attached hydrogen (secondary N) is 1. The van der Waals surface area contributed by atoms with Gasteiger partial charge in [0.1, 0.15) is 5.75 Å². The van der Waals surface area contributed by atoms with E-state index in [2.05, 4.69) is 5.10 Å². The minimum absolute atomic E-state index is 0.443. The van der Waals surface area contributed by atoms with Crippen LogP contribution in [0.25, 0.3) is 11.5 Å². The zero-order valence-electron chi connectivity index (χ0n) is 12.2. The lowest BCUT2D eigenvalue weighted by molar-refractivity contribution is -0.928. The molecule has 0 aliphatic carbocycles. The van der Waals surface area contributed by atoms with Gasteiger partial charge in [-0.25, -0.2) is 0 Å². The summed E-state index contributed by atoms with van der Waals surface area (Å²) < 4.78 is 12.6. The van der Waals surface area contributed by atoms with Gasteiger partial charge in [-0.05, 0) is 55.7 Å². The lowest BCUT2D eigenvalue weighted by Gasteiger charge is -2.22. The molecule has 0 unspecified atom stereocenters. The van der Waals surface area contributed by atoms with E-state index in [1.165, 1.54) is 37.3 Å². The first-order valence-corrected chi connectivity index (χ1v) is 7.73. The third kappa shape index (κ3) is 3.33. The molecule has 2 aromatic rings. The van der Waals surface area contributed by atoms with Crippen molar-refractivity contribution in [3.05, 3.63) is 29.1 Å². The molecule has 0 radical (unpaired) electrons. The highest BCUT2D eigenvalue weighted by molar-refractivity contribution is 7.71. The highest BCUT2D eigenvalue weighted by atomic mass is 32.1. The highest BCUT2D eigenvalue weighted by Crippen LogP contribution is 2.20. The van der Waals surface area contributed by atoms with Gasteiger partial charge < -0.3 is 14.1 Å². The third-order valence-electron chi connectivity index (χ3n) is 3.88. The normalized spacial score (nSPS) is 16.0. The van der Waals surface area contributed by atoms with Gasteiger partial charge in [-0.15, -0.1) is 5.10 Å². The lowest BCUT2D eigenvalue weighted by atomic mass is 10.1. The third-order valence-corrected chi connectivity index (χ3v) is 4.17. The largest absolute Gasteiger partial charge is 0.497 e. The van der Waals surface area contributed by atoms with Gasteiger partial charge in [0.05, 0.1) is 20.2 Å². The van der Waals surface area contributed by atoms with Crippen LogP contribution in [0.3, 0.4) is 0 Å². The standard InChI is InChI=1S/C15H19N3O2S/c1-19-13-7-5-12(6-8-13)14-16-18(15(21)20-14)11-17-9-3-2-4-10-17/h5-8H,2-4,9-11H2,1H3/p+1. The van der Waals surface area contributed by atoms with Crippen LogP contribution < -0.4 is 9.64 Å². The van der Waals surface area contributed by atoms with Crippen molar-refractivity contribution in [1.29, 1.82) is 0 Å². The lowest BCUT2D eigenvalue weighted by Crippen LogP contribution is -3.12. The van der Waals surface area contributed by atoms with Gasteiger partial charge in [0.25, 0.3) is 4.84 Å². The minimum atomic E-state index is 0.443. The molecule has 6 heteroatoms. The molecule has 1 N–H and O–H groups in total. The molecule has 112 valence electrons. The Balaban J connectivity index is 1.78. The molecule has 2 heterocycles. The highest BCUT2D eigenvalue weighted by Gasteiger charge is 2.16. The zero-order valence-corrected chi connectivity index (χ0v) is 13.0. The van der Waals surface area contributed by atoms with Crippen LogP contribution in [-0.2, 0) is 6.67 Å². The smallest absolute Gasteiger partial charge is 0.292 e. The predicted molar refractivity (Wildman–Crippen MR) is 81.9 cm³/mol. The van der Waals surface area contributed by atoms with Crippen molar-refractivity contribution in [1.82, 2.24) is 9.78 Å². The summed E-state index contributed by atoms with van der Waals surface area (Å²) in [6.45, 7) is 3.16. The Morgan fingerprint density at radius 1 is 1.24 bits per heavy atom. The van der Waals surface area contributed by atoms with Gasteiger partial charge in [0.15, 0.2) is 6.67 Å². The predicted octanol–water partition coefficient (Wildman–Crippen LogP) is 1.91. The minimum Gasteiger partial charge on any atom is -0.497 e. The van der Waals surface area contributed by atoms with Gasteiger partial charge in [-0.1, -0.05) is 0 Å². The van der Waals surface area contributed by atoms with E-state index in [-0.39, 0.29) is 0 Å². The molecule has 1 fully saturated rings. The van der Waals surface area contributed by atoms with Gasteiger partial charge >= 0.3 is 0 Å². The number of ether oxygens (including phenoxy) is 1. The van der Waals surface area contributed by atoms with Crippen LogP contribution in [0.15, 0.2) is 28.7 Å². The van der Waals surface area contributed by atoms with E-state index in [0.29, 0.717) is 10.7 Å². The second-order valence-electron chi connectivity index (χ2n) is 5.37. The van der Waals surface area contributed by atoms with Crippen molar-refractivity contribution in [3.63, 3.8) is 0 Å². The van der Waals surface area contributed by atoms with E-state index in [4.69, 9.17) is 21.4 Å². The van der Waals surface area contributed by atoms with E-state index in [1.54, 1.807) is 11.8 Å². The number of benzene rings is 1. The molecular formula is C15H20N3O2S+. The Morgan fingerprint density at radius 2 is 1.95 bits per heavy atom. The average Bonchev–Trinajstić information content (AvgIpc) is 2.89. The number of rotatable bonds is 4. The van der Waals surface area contributed by atoms with Crippen molar-refractivity contribution in [2.45, 2.75) is 25.9 Å². The van der Waals surface area contributed by atoms with Crippen LogP contribution in [0, 0.1) is 4.84 Å². The van der Waals surface area contributed by atoms with E-state index in [9.17, 15) is 0 Å². The summed E-state index contributed by atoms with van der Waals surface area (Å²) in [4.78, 5) is 1.96. The fraction of sp³-hybridized carbons (Fsp3) is 0.467. The monoisotopic (exact) mass is 306 g/mol. The topological polar surface area (TPSA) is 44.6 Å². The number of hydrogen-bond donors (Lipinski definition) is 1. The van der Waals surface area contributed by atoms with E-state index < -0.39 is 0 Å². The number of piperidine rings is 1. The molecule has 0 bridgehead atoms. The Kier molecular flexibility index (Phi) is 4.36. The van der Waals surface area contributed by atoms with Crippen molar-refractivity contribution in [3.8, 4) is 17.2 Å². The molecule has 1 saturated heterocycles. The molecule has 1 aliphatic rings. The maximum Gasteiger partial charge on any atom is 0.292 e. The van der Waals surface area contributed by atoms with Crippen molar-refractivity contribution >= 4 is 12.2 Å². The summed E-state index contributed by atoms with van der Waals surface area (Å²) in [7, 11) is 1.65. The quantitative estimate of drug-likeness (QED) is 0.877. The molecule has 0 atom stereocenters. The van der Waals surface area contributed by atoms with Gasteiger partial charge in [0.2, 0.25) is 5.89 Å². The van der Waals surface area contributed by atoms with Gasteiger partial charge in [-0.3, -0.25) is 0 Å². The van der Waals surface area contributed by atoms with Crippen molar-refractivity contribution in [2.75, 3.05) is 20.2 Å². The summed E-state index contributed by atoms with van der Waals surface area (Å²) in [5.41, 5.74) is 0.911. The molecule has 5 nitrogen and oxygen atoms in total. The summed E-state index contributed by atoms with van der Waals surface area (Å²) in [6, 6.07) is 7.64. The molecular weight excluding hydrogens is 286 g/mol. The molecule has 0 saturated carbocycles. The van der Waals surface area contributed by atoms with Gasteiger partial charge in [-0.2, -0.15) is 4.68 Å². The van der Waals surface area contributed by atoms with E-state index in [1.807, 2.05) is 24.3 Å². The Hall–Kier alpha value is -1.66. The fourth-order valence-electron chi connectivity index (χ4n) is 2.68. The number of likely N-dealkylation sites (tertiary alicyclic amines) is 1. The SMILES string of the molecule is COc1ccc(-c2nn(C[NH+]3CCCCC3)c(=S)o2)cc1. The maximum atomic E-state index is 5.63. The van der Waals surface area contributed by atoms with Crippen LogP contribution in [0.5, 0.6) is 5.75 Å². The molecule has 21 heavy (non-hydrogen) atoms. The molecule has 0 amide bonds. The Labute approximate surface area is 129 Å². The van der Waals surface area contributed by atoms with Crippen LogP contribution in [0.2, 0.25) is 0 Å². The number of methoxy groups -OCH3 is 1. The number of aromatic nitrogens is 2. The fourth-order valence-corrected chi connectivity index (χ4v) is 2.86. The average molecular weight is 306 g/mol. The molecule has 1 aliphatic heterocycles. The van der Waals surface area contributed by atoms with Crippen LogP contribution >= 0.6 is 12.2 Å². The number of nitrogens with zero attached hydrogens (tertiary/aromatic N) is 2. The van der Waals surface area contributed by atoms with E-state index in [0.717, 1.165) is 18.0 Å². The Morgan fingerprint density at radius 3 is 2.62 bits per heavy atom. The van der Waals surface area contributed by atoms with E-state index >= 15 is 0 Å². The van der Waals surface area contributed by atoms with Gasteiger partial charge in [0, 0.05) is 5.56 Å². The zero-order chi connectivity index (χ0) is 14.7. The summed E-state index contributed by atoms with van der Waals surface area (Å²) in [6.07, 6.45) is 3.91. The second-order valence-corrected chi connectivity index (χ2v) is 5.72. The molecule has 0 spiro atoms. The Bertz CT molecular complexity index is 642. The first-order chi connectivity index (χ1) is 10.3. The maximum absolute atomic E-state index is 5.63. The molecule has 3 rings (SSSR count).